The molecule has 0 saturated carbocycles. The molecule has 6 rings (SSSR count). The monoisotopic (exact) mass is 485 g/mol. The first-order valence-corrected chi connectivity index (χ1v) is 11.5. The molecule has 3 aliphatic heterocycles. The number of fused-ring (bicyclic) bond motifs is 2. The topological polar surface area (TPSA) is 91.2 Å². The lowest BCUT2D eigenvalue weighted by Gasteiger charge is -2.22. The smallest absolute Gasteiger partial charge is 0.386 e. The first-order chi connectivity index (χ1) is 17.6. The Labute approximate surface area is 207 Å². The number of amides is 1. The molecule has 3 heterocycles. The molecule has 0 radical (unpaired) electrons. The highest BCUT2D eigenvalue weighted by Crippen LogP contribution is 2.47. The summed E-state index contributed by atoms with van der Waals surface area (Å²) in [5.74, 6) is -0.340. The number of ether oxygens (including phenoxy) is 3. The molecule has 0 N–H and O–H groups in total. The third kappa shape index (κ3) is 3.51. The van der Waals surface area contributed by atoms with Gasteiger partial charge in [0.2, 0.25) is 0 Å². The van der Waals surface area contributed by atoms with Crippen LogP contribution in [0.2, 0.25) is 0 Å². The number of carbonyl (C=O) groups is 1. The summed E-state index contributed by atoms with van der Waals surface area (Å²) in [4.78, 5) is 26.8. The van der Waals surface area contributed by atoms with Crippen LogP contribution in [-0.2, 0) is 25.0 Å². The number of methoxy groups -OCH3 is 2. The number of rotatable bonds is 6. The number of benzene rings is 3. The van der Waals surface area contributed by atoms with E-state index in [0.717, 1.165) is 17.0 Å². The molecule has 0 aromatic heterocycles. The van der Waals surface area contributed by atoms with E-state index >= 15 is 0 Å². The zero-order valence-electron chi connectivity index (χ0n) is 19.7. The van der Waals surface area contributed by atoms with Gasteiger partial charge >= 0.3 is 11.7 Å². The second kappa shape index (κ2) is 8.60. The molecule has 36 heavy (non-hydrogen) atoms. The van der Waals surface area contributed by atoms with Gasteiger partial charge in [-0.3, -0.25) is 4.79 Å². The molecule has 0 saturated heterocycles. The predicted octanol–water partition coefficient (Wildman–Crippen LogP) is 3.81. The molecule has 0 fully saturated rings. The van der Waals surface area contributed by atoms with Crippen molar-refractivity contribution in [2.45, 2.75) is 18.3 Å². The van der Waals surface area contributed by atoms with Gasteiger partial charge in [-0.1, -0.05) is 17.3 Å². The molecule has 9 nitrogen and oxygen atoms in total. The van der Waals surface area contributed by atoms with Gasteiger partial charge in [-0.05, 0) is 71.4 Å². The number of nitrogens with zero attached hydrogens (tertiary/aromatic N) is 3. The lowest BCUT2D eigenvalue weighted by atomic mass is 10.0. The summed E-state index contributed by atoms with van der Waals surface area (Å²) in [6, 6.07) is 22.2. The van der Waals surface area contributed by atoms with Gasteiger partial charge in [0.25, 0.3) is 5.90 Å². The van der Waals surface area contributed by atoms with Gasteiger partial charge in [-0.25, -0.2) is 0 Å². The van der Waals surface area contributed by atoms with Crippen LogP contribution < -0.4 is 14.4 Å². The Kier molecular flexibility index (Phi) is 5.25. The Hall–Kier alpha value is -4.53. The summed E-state index contributed by atoms with van der Waals surface area (Å²) < 4.78 is 16.6. The molecule has 2 unspecified atom stereocenters. The van der Waals surface area contributed by atoms with Crippen LogP contribution in [0.15, 0.2) is 83.1 Å². The summed E-state index contributed by atoms with van der Waals surface area (Å²) in [5, 5.41) is 8.38. The Morgan fingerprint density at radius 1 is 0.917 bits per heavy atom. The van der Waals surface area contributed by atoms with Crippen LogP contribution in [-0.4, -0.2) is 44.4 Å². The van der Waals surface area contributed by atoms with Gasteiger partial charge in [-0.2, -0.15) is 0 Å². The molecular formula is C27H23N3O6. The summed E-state index contributed by atoms with van der Waals surface area (Å²) in [6.07, 6.45) is 0.235. The standard InChI is InChI=1S/C27H23N3O6/c1-32-19-11-7-17(8-12-19)23-15-21(35-28-23)16-30-24-6-4-3-5-22(24)27(26(30)31)34-25(29-36-27)18-9-13-20(33-2)14-10-18/h3-14,21H,15-16H2,1-2H3. The normalized spacial score (nSPS) is 21.9. The Balaban J connectivity index is 1.20. The van der Waals surface area contributed by atoms with Crippen molar-refractivity contribution in [2.24, 2.45) is 10.3 Å². The summed E-state index contributed by atoms with van der Waals surface area (Å²) in [6.45, 7) is 0.283. The Morgan fingerprint density at radius 2 is 1.58 bits per heavy atom. The maximum Gasteiger partial charge on any atom is 0.386 e. The fourth-order valence-electron chi connectivity index (χ4n) is 4.57. The Morgan fingerprint density at radius 3 is 2.28 bits per heavy atom. The van der Waals surface area contributed by atoms with Crippen molar-refractivity contribution in [3.05, 3.63) is 89.5 Å². The zero-order valence-corrected chi connectivity index (χ0v) is 19.7. The third-order valence-electron chi connectivity index (χ3n) is 6.45. The number of hydrogen-bond donors (Lipinski definition) is 0. The summed E-state index contributed by atoms with van der Waals surface area (Å²) in [5.41, 5.74) is 3.72. The largest absolute Gasteiger partial charge is 0.497 e. The Bertz CT molecular complexity index is 1370. The zero-order chi connectivity index (χ0) is 24.7. The van der Waals surface area contributed by atoms with E-state index in [1.165, 1.54) is 0 Å². The maximum atomic E-state index is 13.7. The van der Waals surface area contributed by atoms with Gasteiger partial charge in [-0.15, -0.1) is 0 Å². The van der Waals surface area contributed by atoms with Crippen molar-refractivity contribution in [2.75, 3.05) is 25.7 Å². The van der Waals surface area contributed by atoms with Crippen molar-refractivity contribution in [3.63, 3.8) is 0 Å². The highest BCUT2D eigenvalue weighted by atomic mass is 16.8. The first-order valence-electron chi connectivity index (χ1n) is 11.5. The molecule has 3 aliphatic rings. The molecule has 1 amide bonds. The molecule has 1 spiro atoms. The van der Waals surface area contributed by atoms with Crippen molar-refractivity contribution >= 4 is 23.2 Å². The minimum Gasteiger partial charge on any atom is -0.497 e. The van der Waals surface area contributed by atoms with Crippen LogP contribution in [0.1, 0.15) is 23.1 Å². The van der Waals surface area contributed by atoms with Gasteiger partial charge in [0, 0.05) is 12.0 Å². The van der Waals surface area contributed by atoms with E-state index in [1.54, 1.807) is 43.4 Å². The van der Waals surface area contributed by atoms with Crippen LogP contribution in [0, 0.1) is 0 Å². The molecule has 9 heteroatoms. The van der Waals surface area contributed by atoms with Gasteiger partial charge < -0.3 is 28.8 Å². The fraction of sp³-hybridized carbons (Fsp3) is 0.222. The van der Waals surface area contributed by atoms with E-state index in [1.807, 2.05) is 48.5 Å². The van der Waals surface area contributed by atoms with Gasteiger partial charge in [0.15, 0.2) is 6.10 Å². The first kappa shape index (κ1) is 22.0. The SMILES string of the molecule is COc1ccc(C2=NOC(CN3C(=O)C4(ON=C(c5ccc(OC)cc5)O4)c4ccccc43)C2)cc1. The second-order valence-corrected chi connectivity index (χ2v) is 8.57. The number of hydrogen-bond acceptors (Lipinski definition) is 8. The average molecular weight is 485 g/mol. The highest BCUT2D eigenvalue weighted by molar-refractivity contribution is 6.09. The number of anilines is 1. The van der Waals surface area contributed by atoms with Crippen LogP contribution in [0.25, 0.3) is 0 Å². The fourth-order valence-corrected chi connectivity index (χ4v) is 4.57. The van der Waals surface area contributed by atoms with Crippen molar-refractivity contribution in [3.8, 4) is 11.5 Å². The van der Waals surface area contributed by atoms with Crippen LogP contribution in [0.4, 0.5) is 5.69 Å². The van der Waals surface area contributed by atoms with Gasteiger partial charge in [0.1, 0.15) is 11.5 Å². The molecule has 0 aliphatic carbocycles. The van der Waals surface area contributed by atoms with Crippen molar-refractivity contribution < 1.29 is 28.7 Å². The highest BCUT2D eigenvalue weighted by Gasteiger charge is 2.60. The number of para-hydroxylation sites is 1. The maximum absolute atomic E-state index is 13.7. The van der Waals surface area contributed by atoms with Gasteiger partial charge in [0.05, 0.1) is 37.7 Å². The van der Waals surface area contributed by atoms with Crippen molar-refractivity contribution in [1.82, 2.24) is 0 Å². The predicted molar refractivity (Wildman–Crippen MR) is 131 cm³/mol. The molecule has 3 aromatic rings. The van der Waals surface area contributed by atoms with Crippen molar-refractivity contribution in [1.29, 1.82) is 0 Å². The molecule has 2 atom stereocenters. The lowest BCUT2D eigenvalue weighted by Crippen LogP contribution is -2.44. The summed E-state index contributed by atoms with van der Waals surface area (Å²) in [7, 11) is 3.22. The van der Waals surface area contributed by atoms with Crippen LogP contribution in [0.5, 0.6) is 11.5 Å². The quantitative estimate of drug-likeness (QED) is 0.528. The van der Waals surface area contributed by atoms with E-state index < -0.39 is 5.79 Å². The lowest BCUT2D eigenvalue weighted by molar-refractivity contribution is -0.181. The number of oxime groups is 2. The van der Waals surface area contributed by atoms with E-state index in [9.17, 15) is 4.79 Å². The van der Waals surface area contributed by atoms with E-state index in [0.29, 0.717) is 29.0 Å². The van der Waals surface area contributed by atoms with E-state index in [4.69, 9.17) is 23.9 Å². The molecule has 182 valence electrons. The minimum atomic E-state index is -1.68. The molecule has 3 aromatic carbocycles. The van der Waals surface area contributed by atoms with Crippen LogP contribution >= 0.6 is 0 Å². The minimum absolute atomic E-state index is 0.227. The summed E-state index contributed by atoms with van der Waals surface area (Å²) >= 11 is 0. The molecular weight excluding hydrogens is 462 g/mol. The second-order valence-electron chi connectivity index (χ2n) is 8.57. The van der Waals surface area contributed by atoms with E-state index in [-0.39, 0.29) is 24.5 Å². The number of carbonyl (C=O) groups excluding carboxylic acids is 1. The van der Waals surface area contributed by atoms with Crippen LogP contribution in [0.3, 0.4) is 0 Å². The van der Waals surface area contributed by atoms with E-state index in [2.05, 4.69) is 10.3 Å². The third-order valence-corrected chi connectivity index (χ3v) is 6.45. The average Bonchev–Trinajstić information content (AvgIpc) is 3.64. The molecule has 0 bridgehead atoms.